The summed E-state index contributed by atoms with van der Waals surface area (Å²) in [7, 11) is 0. The molecule has 2 nitrogen and oxygen atoms in total. The molecule has 0 atom stereocenters. The van der Waals surface area contributed by atoms with Gasteiger partial charge >= 0.3 is 0 Å². The Kier molecular flexibility index (Phi) is 3.02. The van der Waals surface area contributed by atoms with Gasteiger partial charge in [-0.25, -0.2) is 9.97 Å². The van der Waals surface area contributed by atoms with Crippen LogP contribution in [0.25, 0.3) is 22.3 Å². The maximum Gasteiger partial charge on any atom is 0.161 e. The summed E-state index contributed by atoms with van der Waals surface area (Å²) in [6, 6.07) is 15.6. The zero-order chi connectivity index (χ0) is 12.5. The first-order valence-electron chi connectivity index (χ1n) is 5.42. The van der Waals surface area contributed by atoms with E-state index in [0.29, 0.717) is 11.0 Å². The number of aromatic nitrogens is 2. The second kappa shape index (κ2) is 4.67. The van der Waals surface area contributed by atoms with Crippen molar-refractivity contribution in [2.24, 2.45) is 0 Å². The first-order chi connectivity index (χ1) is 8.74. The summed E-state index contributed by atoms with van der Waals surface area (Å²) in [5.41, 5.74) is 1.81. The van der Waals surface area contributed by atoms with Crippen LogP contribution in [0.4, 0.5) is 0 Å². The normalized spacial score (nSPS) is 10.8. The average Bonchev–Trinajstić information content (AvgIpc) is 2.39. The maximum atomic E-state index is 6.18. The van der Waals surface area contributed by atoms with Crippen LogP contribution < -0.4 is 0 Å². The third kappa shape index (κ3) is 2.11. The number of hydrogen-bond acceptors (Lipinski definition) is 2. The van der Waals surface area contributed by atoms with Gasteiger partial charge in [0.15, 0.2) is 5.82 Å². The van der Waals surface area contributed by atoms with Crippen LogP contribution >= 0.6 is 27.5 Å². The minimum Gasteiger partial charge on any atom is -0.228 e. The molecule has 0 saturated heterocycles. The molecule has 0 amide bonds. The topological polar surface area (TPSA) is 25.8 Å². The van der Waals surface area contributed by atoms with Crippen LogP contribution in [0.15, 0.2) is 53.0 Å². The van der Waals surface area contributed by atoms with Crippen LogP contribution in [0.1, 0.15) is 0 Å². The van der Waals surface area contributed by atoms with E-state index >= 15 is 0 Å². The molecule has 4 heteroatoms. The van der Waals surface area contributed by atoms with E-state index in [1.165, 1.54) is 0 Å². The van der Waals surface area contributed by atoms with Gasteiger partial charge in [-0.1, -0.05) is 51.8 Å². The zero-order valence-electron chi connectivity index (χ0n) is 9.27. The first kappa shape index (κ1) is 11.6. The number of hydrogen-bond donors (Lipinski definition) is 0. The molecular formula is C14H8BrClN2. The summed E-state index contributed by atoms with van der Waals surface area (Å²) < 4.78 is 1.03. The summed E-state index contributed by atoms with van der Waals surface area (Å²) >= 11 is 9.59. The van der Waals surface area contributed by atoms with Crippen LogP contribution in [0.2, 0.25) is 5.15 Å². The Morgan fingerprint density at radius 1 is 0.889 bits per heavy atom. The Bertz CT molecular complexity index is 711. The molecular weight excluding hydrogens is 312 g/mol. The van der Waals surface area contributed by atoms with E-state index in [-0.39, 0.29) is 0 Å². The van der Waals surface area contributed by atoms with Crippen molar-refractivity contribution in [2.75, 3.05) is 0 Å². The van der Waals surface area contributed by atoms with Gasteiger partial charge in [0.1, 0.15) is 5.15 Å². The number of para-hydroxylation sites is 1. The first-order valence-corrected chi connectivity index (χ1v) is 6.59. The summed E-state index contributed by atoms with van der Waals surface area (Å²) in [6.07, 6.45) is 0. The molecule has 0 N–H and O–H groups in total. The highest BCUT2D eigenvalue weighted by Crippen LogP contribution is 2.25. The fourth-order valence-electron chi connectivity index (χ4n) is 1.77. The second-order valence-corrected chi connectivity index (χ2v) is 5.14. The predicted molar refractivity (Wildman–Crippen MR) is 77.7 cm³/mol. The molecule has 0 aliphatic carbocycles. The van der Waals surface area contributed by atoms with Crippen molar-refractivity contribution in [3.63, 3.8) is 0 Å². The van der Waals surface area contributed by atoms with Crippen molar-refractivity contribution < 1.29 is 0 Å². The number of rotatable bonds is 1. The van der Waals surface area contributed by atoms with E-state index in [1.807, 2.05) is 48.5 Å². The highest BCUT2D eigenvalue weighted by Gasteiger charge is 2.07. The van der Waals surface area contributed by atoms with Gasteiger partial charge < -0.3 is 0 Å². The van der Waals surface area contributed by atoms with Crippen molar-refractivity contribution in [1.29, 1.82) is 0 Å². The molecule has 18 heavy (non-hydrogen) atoms. The van der Waals surface area contributed by atoms with E-state index < -0.39 is 0 Å². The van der Waals surface area contributed by atoms with E-state index in [9.17, 15) is 0 Å². The van der Waals surface area contributed by atoms with Crippen LogP contribution in [0.5, 0.6) is 0 Å². The van der Waals surface area contributed by atoms with Crippen LogP contribution in [-0.2, 0) is 0 Å². The fourth-order valence-corrected chi connectivity index (χ4v) is 2.27. The van der Waals surface area contributed by atoms with Gasteiger partial charge in [0.05, 0.1) is 5.52 Å². The molecule has 1 aromatic heterocycles. The molecule has 0 spiro atoms. The Morgan fingerprint density at radius 2 is 1.61 bits per heavy atom. The second-order valence-electron chi connectivity index (χ2n) is 3.86. The van der Waals surface area contributed by atoms with Gasteiger partial charge in [0.2, 0.25) is 0 Å². The lowest BCUT2D eigenvalue weighted by molar-refractivity contribution is 1.23. The molecule has 0 saturated carbocycles. The standard InChI is InChI=1S/C14H8BrClN2/c15-10-7-5-9(6-8-10)14-17-12-4-2-1-3-11(12)13(16)18-14/h1-8H. The van der Waals surface area contributed by atoms with Crippen molar-refractivity contribution >= 4 is 38.4 Å². The summed E-state index contributed by atoms with van der Waals surface area (Å²) in [4.78, 5) is 8.87. The average molecular weight is 320 g/mol. The molecule has 0 fully saturated rings. The lowest BCUT2D eigenvalue weighted by atomic mass is 10.2. The van der Waals surface area contributed by atoms with Crippen LogP contribution in [0, 0.1) is 0 Å². The van der Waals surface area contributed by atoms with Crippen LogP contribution in [-0.4, -0.2) is 9.97 Å². The smallest absolute Gasteiger partial charge is 0.161 e. The van der Waals surface area contributed by atoms with Gasteiger partial charge in [-0.2, -0.15) is 0 Å². The van der Waals surface area contributed by atoms with Gasteiger partial charge in [0.25, 0.3) is 0 Å². The van der Waals surface area contributed by atoms with E-state index in [1.54, 1.807) is 0 Å². The number of nitrogens with zero attached hydrogens (tertiary/aromatic N) is 2. The van der Waals surface area contributed by atoms with Gasteiger partial charge in [-0.3, -0.25) is 0 Å². The van der Waals surface area contributed by atoms with Crippen molar-refractivity contribution in [3.05, 3.63) is 58.2 Å². The molecule has 3 aromatic rings. The highest BCUT2D eigenvalue weighted by atomic mass is 79.9. The molecule has 0 radical (unpaired) electrons. The molecule has 0 aliphatic rings. The minimum absolute atomic E-state index is 0.485. The maximum absolute atomic E-state index is 6.18. The van der Waals surface area contributed by atoms with Crippen molar-refractivity contribution in [2.45, 2.75) is 0 Å². The minimum atomic E-state index is 0.485. The Balaban J connectivity index is 2.21. The van der Waals surface area contributed by atoms with Gasteiger partial charge in [0, 0.05) is 15.4 Å². The highest BCUT2D eigenvalue weighted by molar-refractivity contribution is 9.10. The SMILES string of the molecule is Clc1nc(-c2ccc(Br)cc2)nc2ccccc12. The van der Waals surface area contributed by atoms with Crippen molar-refractivity contribution in [1.82, 2.24) is 9.97 Å². The van der Waals surface area contributed by atoms with Gasteiger partial charge in [-0.15, -0.1) is 0 Å². The quantitative estimate of drug-likeness (QED) is 0.607. The molecule has 1 heterocycles. The summed E-state index contributed by atoms with van der Waals surface area (Å²) in [6.45, 7) is 0. The fraction of sp³-hybridized carbons (Fsp3) is 0. The van der Waals surface area contributed by atoms with Gasteiger partial charge in [-0.05, 0) is 24.3 Å². The van der Waals surface area contributed by atoms with E-state index in [4.69, 9.17) is 11.6 Å². The summed E-state index contributed by atoms with van der Waals surface area (Å²) in [5, 5.41) is 1.36. The summed E-state index contributed by atoms with van der Waals surface area (Å²) in [5.74, 6) is 0.645. The Morgan fingerprint density at radius 3 is 2.39 bits per heavy atom. The monoisotopic (exact) mass is 318 g/mol. The van der Waals surface area contributed by atoms with E-state index in [0.717, 1.165) is 20.9 Å². The Hall–Kier alpha value is -1.45. The largest absolute Gasteiger partial charge is 0.228 e. The lowest BCUT2D eigenvalue weighted by Gasteiger charge is -2.04. The molecule has 3 rings (SSSR count). The lowest BCUT2D eigenvalue weighted by Crippen LogP contribution is -1.91. The van der Waals surface area contributed by atoms with E-state index in [2.05, 4.69) is 25.9 Å². The molecule has 2 aromatic carbocycles. The third-order valence-corrected chi connectivity index (χ3v) is 3.48. The zero-order valence-corrected chi connectivity index (χ0v) is 11.6. The van der Waals surface area contributed by atoms with Crippen LogP contribution in [0.3, 0.4) is 0 Å². The predicted octanol–water partition coefficient (Wildman–Crippen LogP) is 4.71. The number of fused-ring (bicyclic) bond motifs is 1. The van der Waals surface area contributed by atoms with Crippen molar-refractivity contribution in [3.8, 4) is 11.4 Å². The molecule has 0 bridgehead atoms. The molecule has 0 unspecified atom stereocenters. The molecule has 0 aliphatic heterocycles. The third-order valence-electron chi connectivity index (χ3n) is 2.66. The number of halogens is 2. The molecule has 88 valence electrons. The Labute approximate surface area is 118 Å². The number of benzene rings is 2.